The zero-order valence-corrected chi connectivity index (χ0v) is 22.9. The van der Waals surface area contributed by atoms with E-state index in [9.17, 15) is 9.59 Å². The second-order valence-corrected chi connectivity index (χ2v) is 10.6. The average Bonchev–Trinajstić information content (AvgIpc) is 3.60. The molecule has 0 aliphatic heterocycles. The predicted octanol–water partition coefficient (Wildman–Crippen LogP) is 4.75. The van der Waals surface area contributed by atoms with Gasteiger partial charge in [0.15, 0.2) is 11.5 Å². The van der Waals surface area contributed by atoms with Crippen molar-refractivity contribution in [1.82, 2.24) is 34.4 Å². The van der Waals surface area contributed by atoms with Crippen LogP contribution < -0.4 is 16.6 Å². The van der Waals surface area contributed by atoms with E-state index in [-0.39, 0.29) is 22.9 Å². The number of hydrogen-bond donors (Lipinski definition) is 2. The fraction of sp³-hybridized carbons (Fsp3) is 0.172. The third-order valence-corrected chi connectivity index (χ3v) is 7.53. The Balaban J connectivity index is 1.48. The summed E-state index contributed by atoms with van der Waals surface area (Å²) < 4.78 is 3.04. The number of nitrogen functional groups attached to an aromatic ring is 1. The van der Waals surface area contributed by atoms with Gasteiger partial charge in [0.2, 0.25) is 0 Å². The molecule has 0 bridgehead atoms. The van der Waals surface area contributed by atoms with E-state index in [0.29, 0.717) is 28.1 Å². The van der Waals surface area contributed by atoms with Gasteiger partial charge in [-0.1, -0.05) is 44.2 Å². The highest BCUT2D eigenvalue weighted by atomic mass is 32.1. The van der Waals surface area contributed by atoms with Crippen LogP contribution >= 0.6 is 11.3 Å². The van der Waals surface area contributed by atoms with Gasteiger partial charge in [-0.05, 0) is 37.1 Å². The molecule has 6 aromatic rings. The summed E-state index contributed by atoms with van der Waals surface area (Å²) in [6, 6.07) is 16.0. The summed E-state index contributed by atoms with van der Waals surface area (Å²) >= 11 is 1.45. The van der Waals surface area contributed by atoms with E-state index in [2.05, 4.69) is 20.4 Å². The number of nitrogens with one attached hydrogen (secondary N) is 1. The van der Waals surface area contributed by atoms with Gasteiger partial charge in [0.25, 0.3) is 11.5 Å². The van der Waals surface area contributed by atoms with Crippen LogP contribution in [0, 0.1) is 0 Å². The molecule has 0 fully saturated rings. The van der Waals surface area contributed by atoms with E-state index >= 15 is 0 Å². The summed E-state index contributed by atoms with van der Waals surface area (Å²) in [7, 11) is 0. The molecule has 0 spiro atoms. The lowest BCUT2D eigenvalue weighted by Gasteiger charge is -2.20. The Kier molecular flexibility index (Phi) is 6.35. The van der Waals surface area contributed by atoms with E-state index < -0.39 is 11.9 Å². The van der Waals surface area contributed by atoms with E-state index in [1.165, 1.54) is 15.9 Å². The molecule has 0 aliphatic carbocycles. The lowest BCUT2D eigenvalue weighted by atomic mass is 10.1. The number of thiazole rings is 1. The fourth-order valence-electron chi connectivity index (χ4n) is 4.75. The molecule has 3 N–H and O–H groups in total. The highest BCUT2D eigenvalue weighted by Gasteiger charge is 2.25. The van der Waals surface area contributed by atoms with E-state index in [1.54, 1.807) is 35.5 Å². The second kappa shape index (κ2) is 10.0. The molecule has 0 radical (unpaired) electrons. The number of hydrogen-bond acceptors (Lipinski definition) is 8. The molecule has 6 rings (SSSR count). The summed E-state index contributed by atoms with van der Waals surface area (Å²) in [6.45, 7) is 5.83. The Morgan fingerprint density at radius 1 is 1.02 bits per heavy atom. The summed E-state index contributed by atoms with van der Waals surface area (Å²) in [5, 5.41) is 7.73. The van der Waals surface area contributed by atoms with Gasteiger partial charge in [-0.25, -0.2) is 14.5 Å². The summed E-state index contributed by atoms with van der Waals surface area (Å²) in [6.07, 6.45) is 3.48. The van der Waals surface area contributed by atoms with Crippen LogP contribution in [-0.2, 0) is 0 Å². The van der Waals surface area contributed by atoms with Crippen LogP contribution in [0.3, 0.4) is 0 Å². The Morgan fingerprint density at radius 3 is 2.55 bits per heavy atom. The molecule has 2 aromatic carbocycles. The first kappa shape index (κ1) is 25.4. The number of carbonyl (C=O) groups excluding carboxylic acids is 1. The summed E-state index contributed by atoms with van der Waals surface area (Å²) in [5.74, 6) is 0.150. The molecule has 0 unspecified atom stereocenters. The zero-order valence-electron chi connectivity index (χ0n) is 22.1. The molecule has 1 amide bonds. The number of carbonyl (C=O) groups is 1. The van der Waals surface area contributed by atoms with Gasteiger partial charge in [-0.15, -0.1) is 16.4 Å². The van der Waals surface area contributed by atoms with Crippen LogP contribution in [0.4, 0.5) is 5.82 Å². The Morgan fingerprint density at radius 2 is 1.82 bits per heavy atom. The van der Waals surface area contributed by atoms with Gasteiger partial charge in [0.05, 0.1) is 33.0 Å². The molecule has 4 heterocycles. The number of benzene rings is 2. The number of para-hydroxylation sites is 1. The standard InChI is InChI=1S/C29H26N8O2S/c1-16(2)20-12-13-36-27(33-20)24(25(30)35-36)28(38)32-17(3)26-34-21-11-7-10-19(22-14-31-15-40-22)23(21)29(39)37(26)18-8-5-4-6-9-18/h4-17H,1-3H3,(H2,30,35)(H,32,38)/t17-/m1/s1. The lowest BCUT2D eigenvalue weighted by Crippen LogP contribution is -2.33. The molecule has 4 aromatic heterocycles. The highest BCUT2D eigenvalue weighted by molar-refractivity contribution is 7.13. The second-order valence-electron chi connectivity index (χ2n) is 9.74. The number of nitrogens with two attached hydrogens (primary N) is 1. The van der Waals surface area contributed by atoms with Crippen LogP contribution in [0.15, 0.2) is 77.3 Å². The van der Waals surface area contributed by atoms with Gasteiger partial charge in [-0.3, -0.25) is 19.1 Å². The van der Waals surface area contributed by atoms with E-state index in [0.717, 1.165) is 16.1 Å². The van der Waals surface area contributed by atoms with Crippen molar-refractivity contribution in [3.63, 3.8) is 0 Å². The predicted molar refractivity (Wildman–Crippen MR) is 156 cm³/mol. The van der Waals surface area contributed by atoms with Gasteiger partial charge in [-0.2, -0.15) is 0 Å². The molecule has 0 aliphatic rings. The number of nitrogens with zero attached hydrogens (tertiary/aromatic N) is 6. The Hall–Kier alpha value is -4.90. The highest BCUT2D eigenvalue weighted by Crippen LogP contribution is 2.30. The summed E-state index contributed by atoms with van der Waals surface area (Å²) in [4.78, 5) is 42.4. The minimum absolute atomic E-state index is 0.0687. The fourth-order valence-corrected chi connectivity index (χ4v) is 5.41. The first-order valence-electron chi connectivity index (χ1n) is 12.8. The summed E-state index contributed by atoms with van der Waals surface area (Å²) in [5.41, 5.74) is 10.9. The molecule has 200 valence electrons. The van der Waals surface area contributed by atoms with Crippen molar-refractivity contribution in [2.75, 3.05) is 5.73 Å². The van der Waals surface area contributed by atoms with Crippen molar-refractivity contribution in [2.24, 2.45) is 0 Å². The molecular formula is C29H26N8O2S. The maximum Gasteiger partial charge on any atom is 0.266 e. The molecule has 10 nitrogen and oxygen atoms in total. The first-order valence-corrected chi connectivity index (χ1v) is 13.7. The number of fused-ring (bicyclic) bond motifs is 2. The van der Waals surface area contributed by atoms with Crippen molar-refractivity contribution >= 4 is 39.6 Å². The average molecular weight is 551 g/mol. The molecule has 0 saturated heterocycles. The topological polar surface area (TPSA) is 133 Å². The van der Waals surface area contributed by atoms with Crippen molar-refractivity contribution in [2.45, 2.75) is 32.7 Å². The van der Waals surface area contributed by atoms with Crippen molar-refractivity contribution in [3.8, 4) is 16.1 Å². The van der Waals surface area contributed by atoms with Crippen LogP contribution in [0.2, 0.25) is 0 Å². The van der Waals surface area contributed by atoms with Crippen molar-refractivity contribution in [1.29, 1.82) is 0 Å². The molecule has 1 atom stereocenters. The minimum Gasteiger partial charge on any atom is -0.381 e. The van der Waals surface area contributed by atoms with Gasteiger partial charge in [0.1, 0.15) is 11.4 Å². The zero-order chi connectivity index (χ0) is 28.0. The van der Waals surface area contributed by atoms with Crippen LogP contribution in [0.25, 0.3) is 32.7 Å². The smallest absolute Gasteiger partial charge is 0.266 e. The maximum absolute atomic E-state index is 14.2. The first-order chi connectivity index (χ1) is 19.3. The van der Waals surface area contributed by atoms with E-state index in [1.807, 2.05) is 62.4 Å². The van der Waals surface area contributed by atoms with Crippen molar-refractivity contribution < 1.29 is 4.79 Å². The molecular weight excluding hydrogens is 524 g/mol. The number of rotatable bonds is 6. The van der Waals surface area contributed by atoms with Crippen LogP contribution in [0.1, 0.15) is 54.6 Å². The molecule has 0 saturated carbocycles. The van der Waals surface area contributed by atoms with Crippen molar-refractivity contribution in [3.05, 3.63) is 99.9 Å². The maximum atomic E-state index is 14.2. The monoisotopic (exact) mass is 550 g/mol. The molecule has 40 heavy (non-hydrogen) atoms. The Labute approximate surface area is 233 Å². The molecule has 11 heteroatoms. The SMILES string of the molecule is CC(C)c1ccn2nc(N)c(C(=O)N[C@H](C)c3nc4cccc(-c5cncs5)c4c(=O)n3-c3ccccc3)c2n1. The van der Waals surface area contributed by atoms with Gasteiger partial charge < -0.3 is 11.1 Å². The quantitative estimate of drug-likeness (QED) is 0.306. The minimum atomic E-state index is -0.667. The van der Waals surface area contributed by atoms with E-state index in [4.69, 9.17) is 10.7 Å². The number of aromatic nitrogens is 6. The third kappa shape index (κ3) is 4.30. The van der Waals surface area contributed by atoms with Gasteiger partial charge >= 0.3 is 0 Å². The Bertz CT molecular complexity index is 1930. The van der Waals surface area contributed by atoms with Crippen LogP contribution in [0.5, 0.6) is 0 Å². The van der Waals surface area contributed by atoms with Crippen LogP contribution in [-0.4, -0.2) is 35.0 Å². The van der Waals surface area contributed by atoms with Gasteiger partial charge in [0, 0.05) is 23.7 Å². The normalized spacial score (nSPS) is 12.3. The third-order valence-electron chi connectivity index (χ3n) is 6.72. The number of amides is 1. The number of anilines is 1. The largest absolute Gasteiger partial charge is 0.381 e. The lowest BCUT2D eigenvalue weighted by molar-refractivity contribution is 0.0940.